The predicted octanol–water partition coefficient (Wildman–Crippen LogP) is 2.84. The van der Waals surface area contributed by atoms with E-state index in [4.69, 9.17) is 5.11 Å². The minimum atomic E-state index is -0.882. The minimum Gasteiger partial charge on any atom is -0.478 e. The average molecular weight is 252 g/mol. The zero-order valence-corrected chi connectivity index (χ0v) is 11.5. The molecule has 1 N–H and O–H groups in total. The van der Waals surface area contributed by atoms with E-state index in [1.807, 2.05) is 31.2 Å². The van der Waals surface area contributed by atoms with E-state index < -0.39 is 5.97 Å². The summed E-state index contributed by atoms with van der Waals surface area (Å²) in [5, 5.41) is 10.8. The van der Waals surface area contributed by atoms with Gasteiger partial charge in [-0.05, 0) is 29.8 Å². The standard InChI is InChI=1S/C12H10O2.Zn/c1-8-2-3-10-7-11(12(13)14)5-4-9(10)6-8;/h2-7H,1H3,(H,13,14);. The maximum atomic E-state index is 10.7. The molecule has 0 saturated heterocycles. The summed E-state index contributed by atoms with van der Waals surface area (Å²) in [7, 11) is 0. The smallest absolute Gasteiger partial charge is 0.335 e. The first-order valence-electron chi connectivity index (χ1n) is 4.40. The molecule has 0 atom stereocenters. The van der Waals surface area contributed by atoms with Crippen molar-refractivity contribution < 1.29 is 29.4 Å². The number of aromatic carboxylic acids is 1. The Bertz CT molecular complexity index is 506. The number of rotatable bonds is 1. The van der Waals surface area contributed by atoms with Gasteiger partial charge in [-0.25, -0.2) is 4.79 Å². The maximum Gasteiger partial charge on any atom is 0.335 e. The van der Waals surface area contributed by atoms with E-state index in [9.17, 15) is 4.79 Å². The summed E-state index contributed by atoms with van der Waals surface area (Å²) in [6.07, 6.45) is 0. The van der Waals surface area contributed by atoms with Crippen molar-refractivity contribution >= 4 is 16.7 Å². The number of carbonyl (C=O) groups is 1. The van der Waals surface area contributed by atoms with Crippen LogP contribution in [-0.4, -0.2) is 11.1 Å². The summed E-state index contributed by atoms with van der Waals surface area (Å²) < 4.78 is 0. The zero-order chi connectivity index (χ0) is 10.1. The van der Waals surface area contributed by atoms with Crippen molar-refractivity contribution in [3.05, 3.63) is 47.5 Å². The normalized spacial score (nSPS) is 9.67. The van der Waals surface area contributed by atoms with E-state index in [1.165, 1.54) is 5.56 Å². The van der Waals surface area contributed by atoms with E-state index in [0.29, 0.717) is 5.56 Å². The summed E-state index contributed by atoms with van der Waals surface area (Å²) in [4.78, 5) is 10.7. The van der Waals surface area contributed by atoms with E-state index in [2.05, 4.69) is 0 Å². The Labute approximate surface area is 101 Å². The van der Waals surface area contributed by atoms with Crippen LogP contribution in [0.15, 0.2) is 36.4 Å². The van der Waals surface area contributed by atoms with Gasteiger partial charge in [0.25, 0.3) is 0 Å². The van der Waals surface area contributed by atoms with Crippen LogP contribution in [0, 0.1) is 6.92 Å². The van der Waals surface area contributed by atoms with Crippen molar-refractivity contribution in [1.29, 1.82) is 0 Å². The summed E-state index contributed by atoms with van der Waals surface area (Å²) >= 11 is 0. The molecule has 0 saturated carbocycles. The van der Waals surface area contributed by atoms with E-state index in [0.717, 1.165) is 10.8 Å². The molecule has 0 heterocycles. The van der Waals surface area contributed by atoms with Crippen LogP contribution in [0.5, 0.6) is 0 Å². The van der Waals surface area contributed by atoms with Gasteiger partial charge in [0, 0.05) is 19.5 Å². The molecule has 0 aromatic heterocycles. The zero-order valence-electron chi connectivity index (χ0n) is 8.53. The predicted molar refractivity (Wildman–Crippen MR) is 55.6 cm³/mol. The molecular weight excluding hydrogens is 242 g/mol. The van der Waals surface area contributed by atoms with Gasteiger partial charge in [0.05, 0.1) is 5.56 Å². The Morgan fingerprint density at radius 3 is 2.33 bits per heavy atom. The molecule has 0 radical (unpaired) electrons. The van der Waals surface area contributed by atoms with E-state index in [1.54, 1.807) is 12.1 Å². The van der Waals surface area contributed by atoms with Gasteiger partial charge < -0.3 is 5.11 Å². The average Bonchev–Trinajstić information content (AvgIpc) is 2.16. The number of carboxylic acids is 1. The van der Waals surface area contributed by atoms with Crippen LogP contribution in [0.3, 0.4) is 0 Å². The number of fused-ring (bicyclic) bond motifs is 1. The molecular formula is C12H10O2Zn. The number of aryl methyl sites for hydroxylation is 1. The van der Waals surface area contributed by atoms with Gasteiger partial charge in [-0.3, -0.25) is 0 Å². The third-order valence-electron chi connectivity index (χ3n) is 2.24. The number of hydrogen-bond acceptors (Lipinski definition) is 1. The second-order valence-electron chi connectivity index (χ2n) is 3.37. The van der Waals surface area contributed by atoms with Crippen LogP contribution in [0.4, 0.5) is 0 Å². The molecule has 72 valence electrons. The van der Waals surface area contributed by atoms with Gasteiger partial charge in [0.1, 0.15) is 0 Å². The fourth-order valence-electron chi connectivity index (χ4n) is 1.50. The van der Waals surface area contributed by atoms with Gasteiger partial charge in [0.15, 0.2) is 0 Å². The molecule has 2 nitrogen and oxygen atoms in total. The molecule has 3 heteroatoms. The van der Waals surface area contributed by atoms with Crippen molar-refractivity contribution in [2.75, 3.05) is 0 Å². The molecule has 15 heavy (non-hydrogen) atoms. The fraction of sp³-hybridized carbons (Fsp3) is 0.0833. The molecule has 0 aliphatic heterocycles. The Morgan fingerprint density at radius 2 is 1.67 bits per heavy atom. The van der Waals surface area contributed by atoms with Gasteiger partial charge in [0.2, 0.25) is 0 Å². The summed E-state index contributed by atoms with van der Waals surface area (Å²) in [5.41, 5.74) is 1.52. The Balaban J connectivity index is 0.00000112. The van der Waals surface area contributed by atoms with Crippen LogP contribution < -0.4 is 0 Å². The molecule has 2 rings (SSSR count). The second kappa shape index (κ2) is 4.54. The number of benzene rings is 2. The van der Waals surface area contributed by atoms with E-state index in [-0.39, 0.29) is 19.5 Å². The Morgan fingerprint density at radius 1 is 1.07 bits per heavy atom. The second-order valence-corrected chi connectivity index (χ2v) is 3.37. The van der Waals surface area contributed by atoms with Crippen LogP contribution in [0.25, 0.3) is 10.8 Å². The summed E-state index contributed by atoms with van der Waals surface area (Å²) in [6.45, 7) is 2.02. The minimum absolute atomic E-state index is 0. The monoisotopic (exact) mass is 250 g/mol. The third kappa shape index (κ3) is 2.42. The molecule has 0 fully saturated rings. The van der Waals surface area contributed by atoms with Crippen LogP contribution >= 0.6 is 0 Å². The molecule has 0 bridgehead atoms. The van der Waals surface area contributed by atoms with Crippen molar-refractivity contribution in [1.82, 2.24) is 0 Å². The van der Waals surface area contributed by atoms with Crippen molar-refractivity contribution in [2.45, 2.75) is 6.92 Å². The first-order valence-corrected chi connectivity index (χ1v) is 4.40. The molecule has 0 aliphatic rings. The molecule has 0 spiro atoms. The van der Waals surface area contributed by atoms with Crippen molar-refractivity contribution in [3.63, 3.8) is 0 Å². The summed E-state index contributed by atoms with van der Waals surface area (Å²) in [6, 6.07) is 11.1. The van der Waals surface area contributed by atoms with Crippen LogP contribution in [0.2, 0.25) is 0 Å². The topological polar surface area (TPSA) is 37.3 Å². The van der Waals surface area contributed by atoms with E-state index >= 15 is 0 Å². The first-order chi connectivity index (χ1) is 6.66. The van der Waals surface area contributed by atoms with Gasteiger partial charge >= 0.3 is 5.97 Å². The first kappa shape index (κ1) is 11.9. The maximum absolute atomic E-state index is 10.7. The largest absolute Gasteiger partial charge is 0.478 e. The fourth-order valence-corrected chi connectivity index (χ4v) is 1.50. The Hall–Kier alpha value is -1.21. The van der Waals surface area contributed by atoms with Gasteiger partial charge in [-0.2, -0.15) is 0 Å². The molecule has 2 aromatic rings. The number of hydrogen-bond donors (Lipinski definition) is 1. The quantitative estimate of drug-likeness (QED) is 0.792. The van der Waals surface area contributed by atoms with Gasteiger partial charge in [-0.15, -0.1) is 0 Å². The third-order valence-corrected chi connectivity index (χ3v) is 2.24. The molecule has 0 unspecified atom stereocenters. The van der Waals surface area contributed by atoms with Crippen LogP contribution in [-0.2, 0) is 19.5 Å². The van der Waals surface area contributed by atoms with Crippen molar-refractivity contribution in [3.8, 4) is 0 Å². The van der Waals surface area contributed by atoms with Crippen LogP contribution in [0.1, 0.15) is 15.9 Å². The summed E-state index contributed by atoms with van der Waals surface area (Å²) in [5.74, 6) is -0.882. The van der Waals surface area contributed by atoms with Gasteiger partial charge in [-0.1, -0.05) is 29.8 Å². The molecule has 0 amide bonds. The molecule has 2 aromatic carbocycles. The SMILES string of the molecule is Cc1ccc2cc(C(=O)O)ccc2c1.[Zn]. The van der Waals surface area contributed by atoms with Crippen molar-refractivity contribution in [2.24, 2.45) is 0 Å². The Kier molecular flexibility index (Phi) is 3.59. The number of carboxylic acid groups (broad SMARTS) is 1. The molecule has 0 aliphatic carbocycles.